The maximum absolute atomic E-state index is 12.6. The van der Waals surface area contributed by atoms with Crippen LogP contribution in [0.1, 0.15) is 13.3 Å². The first-order valence-electron chi connectivity index (χ1n) is 8.55. The molecule has 142 valence electrons. The molecule has 0 spiro atoms. The van der Waals surface area contributed by atoms with Crippen molar-refractivity contribution in [3.05, 3.63) is 47.0 Å². The molecule has 2 heterocycles. The summed E-state index contributed by atoms with van der Waals surface area (Å²) >= 11 is 1.23. The minimum Gasteiger partial charge on any atom is -0.385 e. The van der Waals surface area contributed by atoms with E-state index < -0.39 is 5.25 Å². The van der Waals surface area contributed by atoms with Gasteiger partial charge in [0.25, 0.3) is 0 Å². The SMILES string of the molecule is COCCCn1c(SC(C)C(=O)Nc2cccc3ncccc23)n[nH]c1=O. The number of aromatic nitrogens is 4. The van der Waals surface area contributed by atoms with Crippen LogP contribution in [0.15, 0.2) is 46.5 Å². The first-order chi connectivity index (χ1) is 13.1. The van der Waals surface area contributed by atoms with Gasteiger partial charge in [-0.1, -0.05) is 17.8 Å². The average Bonchev–Trinajstić information content (AvgIpc) is 3.02. The van der Waals surface area contributed by atoms with E-state index in [1.54, 1.807) is 20.2 Å². The van der Waals surface area contributed by atoms with Crippen LogP contribution in [0, 0.1) is 0 Å². The highest BCUT2D eigenvalue weighted by atomic mass is 32.2. The first kappa shape index (κ1) is 19.1. The van der Waals surface area contributed by atoms with Gasteiger partial charge in [0.15, 0.2) is 5.16 Å². The lowest BCUT2D eigenvalue weighted by molar-refractivity contribution is -0.115. The number of anilines is 1. The Balaban J connectivity index is 1.70. The Kier molecular flexibility index (Phi) is 6.25. The van der Waals surface area contributed by atoms with Gasteiger partial charge in [0, 0.05) is 31.8 Å². The second-order valence-electron chi connectivity index (χ2n) is 5.93. The number of amides is 1. The van der Waals surface area contributed by atoms with Gasteiger partial charge in [0.2, 0.25) is 5.91 Å². The van der Waals surface area contributed by atoms with Crippen LogP contribution < -0.4 is 11.0 Å². The summed E-state index contributed by atoms with van der Waals surface area (Å²) in [6.07, 6.45) is 2.40. The average molecular weight is 387 g/mol. The lowest BCUT2D eigenvalue weighted by Gasteiger charge is -2.13. The Labute approximate surface area is 160 Å². The van der Waals surface area contributed by atoms with E-state index in [-0.39, 0.29) is 11.6 Å². The molecule has 0 radical (unpaired) electrons. The quantitative estimate of drug-likeness (QED) is 0.454. The normalized spacial score (nSPS) is 12.2. The molecule has 2 N–H and O–H groups in total. The number of methoxy groups -OCH3 is 1. The van der Waals surface area contributed by atoms with Gasteiger partial charge >= 0.3 is 5.69 Å². The van der Waals surface area contributed by atoms with Crippen LogP contribution in [0.25, 0.3) is 10.9 Å². The Bertz CT molecular complexity index is 979. The number of hydrogen-bond donors (Lipinski definition) is 2. The highest BCUT2D eigenvalue weighted by molar-refractivity contribution is 8.00. The van der Waals surface area contributed by atoms with Crippen molar-refractivity contribution >= 4 is 34.3 Å². The topological polar surface area (TPSA) is 102 Å². The van der Waals surface area contributed by atoms with E-state index in [1.165, 1.54) is 16.3 Å². The number of aromatic amines is 1. The van der Waals surface area contributed by atoms with E-state index in [9.17, 15) is 9.59 Å². The molecule has 9 heteroatoms. The fraction of sp³-hybridized carbons (Fsp3) is 0.333. The van der Waals surface area contributed by atoms with Crippen molar-refractivity contribution in [1.82, 2.24) is 19.7 Å². The van der Waals surface area contributed by atoms with Crippen LogP contribution in [0.3, 0.4) is 0 Å². The summed E-state index contributed by atoms with van der Waals surface area (Å²) < 4.78 is 6.54. The second-order valence-corrected chi connectivity index (χ2v) is 7.24. The van der Waals surface area contributed by atoms with Gasteiger partial charge in [-0.25, -0.2) is 9.89 Å². The van der Waals surface area contributed by atoms with E-state index in [2.05, 4.69) is 20.5 Å². The molecule has 0 aliphatic rings. The smallest absolute Gasteiger partial charge is 0.343 e. The molecule has 0 aliphatic heterocycles. The molecule has 1 aromatic carbocycles. The zero-order valence-electron chi connectivity index (χ0n) is 15.1. The monoisotopic (exact) mass is 387 g/mol. The van der Waals surface area contributed by atoms with Gasteiger partial charge in [0.1, 0.15) is 0 Å². The molecule has 27 heavy (non-hydrogen) atoms. The van der Waals surface area contributed by atoms with Crippen LogP contribution in [0.2, 0.25) is 0 Å². The molecular formula is C18H21N5O3S. The van der Waals surface area contributed by atoms with E-state index in [0.29, 0.717) is 30.4 Å². The number of fused-ring (bicyclic) bond motifs is 1. The molecule has 0 saturated carbocycles. The number of H-pyrrole nitrogens is 1. The van der Waals surface area contributed by atoms with E-state index in [4.69, 9.17) is 4.74 Å². The van der Waals surface area contributed by atoms with Crippen molar-refractivity contribution in [2.45, 2.75) is 30.3 Å². The Morgan fingerprint density at radius 3 is 3.04 bits per heavy atom. The molecule has 0 fully saturated rings. The molecule has 1 amide bonds. The summed E-state index contributed by atoms with van der Waals surface area (Å²) in [5.74, 6) is -0.171. The van der Waals surface area contributed by atoms with Gasteiger partial charge in [-0.05, 0) is 37.6 Å². The van der Waals surface area contributed by atoms with Crippen LogP contribution in [0.5, 0.6) is 0 Å². The molecule has 1 atom stereocenters. The number of benzene rings is 1. The van der Waals surface area contributed by atoms with E-state index >= 15 is 0 Å². The Morgan fingerprint density at radius 1 is 1.37 bits per heavy atom. The summed E-state index contributed by atoms with van der Waals surface area (Å²) in [7, 11) is 1.61. The number of ether oxygens (including phenoxy) is 1. The molecule has 3 aromatic rings. The van der Waals surface area contributed by atoms with Crippen molar-refractivity contribution in [2.75, 3.05) is 19.0 Å². The number of thioether (sulfide) groups is 1. The minimum absolute atomic E-state index is 0.171. The number of carbonyl (C=O) groups is 1. The van der Waals surface area contributed by atoms with Crippen LogP contribution in [-0.4, -0.2) is 44.6 Å². The van der Waals surface area contributed by atoms with Gasteiger partial charge in [0.05, 0.1) is 16.5 Å². The van der Waals surface area contributed by atoms with Gasteiger partial charge in [-0.3, -0.25) is 14.3 Å². The number of hydrogen-bond acceptors (Lipinski definition) is 6. The van der Waals surface area contributed by atoms with Crippen molar-refractivity contribution in [3.63, 3.8) is 0 Å². The van der Waals surface area contributed by atoms with Crippen molar-refractivity contribution < 1.29 is 9.53 Å². The summed E-state index contributed by atoms with van der Waals surface area (Å²) in [5, 5.41) is 10.3. The van der Waals surface area contributed by atoms with Crippen molar-refractivity contribution in [3.8, 4) is 0 Å². The molecule has 0 aliphatic carbocycles. The fourth-order valence-electron chi connectivity index (χ4n) is 2.62. The third-order valence-electron chi connectivity index (χ3n) is 4.01. The van der Waals surface area contributed by atoms with E-state index in [1.807, 2.05) is 30.3 Å². The largest absolute Gasteiger partial charge is 0.385 e. The third kappa shape index (κ3) is 4.55. The molecule has 1 unspecified atom stereocenters. The van der Waals surface area contributed by atoms with Gasteiger partial charge in [-0.15, -0.1) is 5.10 Å². The van der Waals surface area contributed by atoms with Crippen molar-refractivity contribution in [1.29, 1.82) is 0 Å². The second kappa shape index (κ2) is 8.83. The highest BCUT2D eigenvalue weighted by Gasteiger charge is 2.19. The maximum atomic E-state index is 12.6. The molecule has 3 rings (SSSR count). The molecular weight excluding hydrogens is 366 g/mol. The number of pyridine rings is 1. The molecule has 8 nitrogen and oxygen atoms in total. The standard InChI is InChI=1S/C18H21N5O3S/c1-12(27-18-22-21-17(25)23(18)10-5-11-26-2)16(24)20-15-8-3-7-14-13(15)6-4-9-19-14/h3-4,6-9,12H,5,10-11H2,1-2H3,(H,20,24)(H,21,25). The zero-order valence-corrected chi connectivity index (χ0v) is 16.0. The first-order valence-corrected chi connectivity index (χ1v) is 9.43. The number of nitrogens with zero attached hydrogens (tertiary/aromatic N) is 3. The maximum Gasteiger partial charge on any atom is 0.343 e. The summed E-state index contributed by atoms with van der Waals surface area (Å²) in [6.45, 7) is 2.81. The van der Waals surface area contributed by atoms with Crippen molar-refractivity contribution in [2.24, 2.45) is 0 Å². The Morgan fingerprint density at radius 2 is 2.22 bits per heavy atom. The summed E-state index contributed by atoms with van der Waals surface area (Å²) in [5.41, 5.74) is 1.23. The zero-order chi connectivity index (χ0) is 19.2. The Hall–Kier alpha value is -2.65. The lowest BCUT2D eigenvalue weighted by atomic mass is 10.2. The summed E-state index contributed by atoms with van der Waals surface area (Å²) in [6, 6.07) is 9.33. The minimum atomic E-state index is -0.437. The molecule has 0 bridgehead atoms. The van der Waals surface area contributed by atoms with Crippen LogP contribution in [-0.2, 0) is 16.1 Å². The number of nitrogens with one attached hydrogen (secondary N) is 2. The van der Waals surface area contributed by atoms with Gasteiger partial charge < -0.3 is 10.1 Å². The predicted octanol–water partition coefficient (Wildman–Crippen LogP) is 2.28. The number of rotatable bonds is 8. The highest BCUT2D eigenvalue weighted by Crippen LogP contribution is 2.25. The van der Waals surface area contributed by atoms with Crippen LogP contribution >= 0.6 is 11.8 Å². The lowest BCUT2D eigenvalue weighted by Crippen LogP contribution is -2.24. The molecule has 2 aromatic heterocycles. The predicted molar refractivity (Wildman–Crippen MR) is 105 cm³/mol. The third-order valence-corrected chi connectivity index (χ3v) is 5.10. The summed E-state index contributed by atoms with van der Waals surface area (Å²) in [4.78, 5) is 28.8. The van der Waals surface area contributed by atoms with Crippen LogP contribution in [0.4, 0.5) is 5.69 Å². The number of carbonyl (C=O) groups excluding carboxylic acids is 1. The molecule has 0 saturated heterocycles. The fourth-order valence-corrected chi connectivity index (χ4v) is 3.50. The van der Waals surface area contributed by atoms with E-state index in [0.717, 1.165) is 10.9 Å². The van der Waals surface area contributed by atoms with Gasteiger partial charge in [-0.2, -0.15) is 0 Å².